The Bertz CT molecular complexity index is 1060. The molecule has 0 radical (unpaired) electrons. The van der Waals surface area contributed by atoms with E-state index in [0.717, 1.165) is 4.42 Å². The Kier molecular flexibility index (Phi) is 11.1. The fourth-order valence-electron chi connectivity index (χ4n) is 3.05. The van der Waals surface area contributed by atoms with Gasteiger partial charge in [0.05, 0.1) is 26.4 Å². The molecule has 0 saturated carbocycles. The molecular weight excluding hydrogens is 497 g/mol. The number of hydrogen-bond donors (Lipinski definition) is 0. The van der Waals surface area contributed by atoms with Crippen LogP contribution in [0.25, 0.3) is 0 Å². The lowest BCUT2D eigenvalue weighted by Gasteiger charge is -2.21. The Hall–Kier alpha value is -3.04. The van der Waals surface area contributed by atoms with Crippen LogP contribution in [0.2, 0.25) is 5.02 Å². The van der Waals surface area contributed by atoms with Gasteiger partial charge in [0.2, 0.25) is 6.04 Å². The molecule has 11 heteroatoms. The standard InChI is InChI=1S/C24H29Cl2N3O6/c1-6-32-19-12-10-11-18(23(19)35-9-4)29(26)24(31)21(15(5)30)28-27-17-13-16(25)14-20(33-7-2)22(17)34-8-3/h10-14,21H,6-9H2,1-5H3. The first-order valence-electron chi connectivity index (χ1n) is 11.2. The molecule has 1 unspecified atom stereocenters. The summed E-state index contributed by atoms with van der Waals surface area (Å²) in [6.45, 7) is 9.83. The van der Waals surface area contributed by atoms with Crippen molar-refractivity contribution < 1.29 is 28.5 Å². The van der Waals surface area contributed by atoms with Gasteiger partial charge in [0, 0.05) is 22.9 Å². The molecule has 2 rings (SSSR count). The number of azo groups is 1. The predicted molar refractivity (Wildman–Crippen MR) is 135 cm³/mol. The lowest BCUT2D eigenvalue weighted by molar-refractivity contribution is -0.126. The second-order valence-electron chi connectivity index (χ2n) is 6.94. The number of Topliss-reactive ketones (excluding diaryl/α,β-unsaturated/α-hetero) is 1. The molecule has 0 N–H and O–H groups in total. The Morgan fingerprint density at radius 3 is 2.11 bits per heavy atom. The summed E-state index contributed by atoms with van der Waals surface area (Å²) >= 11 is 12.6. The molecule has 2 aromatic carbocycles. The van der Waals surface area contributed by atoms with Crippen LogP contribution in [-0.2, 0) is 9.59 Å². The minimum atomic E-state index is -1.53. The molecule has 1 atom stereocenters. The summed E-state index contributed by atoms with van der Waals surface area (Å²) in [6.07, 6.45) is 0. The highest BCUT2D eigenvalue weighted by atomic mass is 35.5. The highest BCUT2D eigenvalue weighted by molar-refractivity contribution is 6.39. The van der Waals surface area contributed by atoms with Gasteiger partial charge in [-0.25, -0.2) is 4.42 Å². The van der Waals surface area contributed by atoms with Gasteiger partial charge in [-0.15, -0.1) is 0 Å². The van der Waals surface area contributed by atoms with Crippen LogP contribution in [0, 0.1) is 0 Å². The zero-order valence-corrected chi connectivity index (χ0v) is 21.9. The van der Waals surface area contributed by atoms with Crippen LogP contribution < -0.4 is 23.4 Å². The quantitative estimate of drug-likeness (QED) is 0.176. The van der Waals surface area contributed by atoms with Gasteiger partial charge in [-0.1, -0.05) is 17.7 Å². The number of anilines is 1. The zero-order chi connectivity index (χ0) is 26.0. The number of nitrogens with zero attached hydrogens (tertiary/aromatic N) is 3. The molecule has 35 heavy (non-hydrogen) atoms. The van der Waals surface area contributed by atoms with Crippen molar-refractivity contribution in [2.75, 3.05) is 30.8 Å². The van der Waals surface area contributed by atoms with Crippen molar-refractivity contribution in [3.8, 4) is 23.0 Å². The topological polar surface area (TPSA) is 99.0 Å². The number of para-hydroxylation sites is 1. The molecule has 1 amide bonds. The van der Waals surface area contributed by atoms with Gasteiger partial charge >= 0.3 is 0 Å². The number of amides is 1. The maximum absolute atomic E-state index is 13.2. The SMILES string of the molecule is CCOc1cc(Cl)cc(N=NC(C(C)=O)C(=O)N(Cl)c2cccc(OCC)c2OCC)c1OCC. The Morgan fingerprint density at radius 2 is 1.51 bits per heavy atom. The van der Waals surface area contributed by atoms with Crippen molar-refractivity contribution in [2.45, 2.75) is 40.7 Å². The normalized spacial score (nSPS) is 11.7. The summed E-state index contributed by atoms with van der Waals surface area (Å²) in [6, 6.07) is 6.49. The van der Waals surface area contributed by atoms with Gasteiger partial charge in [0.25, 0.3) is 5.91 Å². The first kappa shape index (κ1) is 28.2. The third kappa shape index (κ3) is 7.22. The van der Waals surface area contributed by atoms with E-state index in [4.69, 9.17) is 42.3 Å². The number of carbonyl (C=O) groups is 2. The lowest BCUT2D eigenvalue weighted by atomic mass is 10.2. The van der Waals surface area contributed by atoms with Crippen molar-refractivity contribution >= 4 is 46.4 Å². The molecular formula is C24H29Cl2N3O6. The fraction of sp³-hybridized carbons (Fsp3) is 0.417. The molecule has 190 valence electrons. The van der Waals surface area contributed by atoms with E-state index in [9.17, 15) is 9.59 Å². The minimum absolute atomic E-state index is 0.205. The van der Waals surface area contributed by atoms with Gasteiger partial charge in [0.1, 0.15) is 11.4 Å². The van der Waals surface area contributed by atoms with E-state index in [1.165, 1.54) is 13.0 Å². The predicted octanol–water partition coefficient (Wildman–Crippen LogP) is 6.16. The molecule has 0 aliphatic heterocycles. The van der Waals surface area contributed by atoms with Crippen molar-refractivity contribution in [1.82, 2.24) is 0 Å². The summed E-state index contributed by atoms with van der Waals surface area (Å²) in [5.41, 5.74) is 0.415. The van der Waals surface area contributed by atoms with E-state index in [1.54, 1.807) is 38.1 Å². The Balaban J connectivity index is 2.46. The summed E-state index contributed by atoms with van der Waals surface area (Å²) in [5, 5.41) is 8.42. The van der Waals surface area contributed by atoms with Gasteiger partial charge in [0.15, 0.2) is 28.8 Å². The van der Waals surface area contributed by atoms with E-state index in [-0.39, 0.29) is 17.1 Å². The number of halogens is 2. The lowest BCUT2D eigenvalue weighted by Crippen LogP contribution is -2.36. The monoisotopic (exact) mass is 525 g/mol. The number of ketones is 1. The average molecular weight is 526 g/mol. The molecule has 0 saturated heterocycles. The second kappa shape index (κ2) is 13.7. The molecule has 0 spiro atoms. The first-order chi connectivity index (χ1) is 16.8. The van der Waals surface area contributed by atoms with E-state index >= 15 is 0 Å². The first-order valence-corrected chi connectivity index (χ1v) is 11.9. The number of hydrogen-bond acceptors (Lipinski definition) is 8. The van der Waals surface area contributed by atoms with Crippen LogP contribution in [0.3, 0.4) is 0 Å². The van der Waals surface area contributed by atoms with E-state index in [0.29, 0.717) is 48.7 Å². The number of carbonyl (C=O) groups excluding carboxylic acids is 2. The van der Waals surface area contributed by atoms with Gasteiger partial charge < -0.3 is 18.9 Å². The van der Waals surface area contributed by atoms with Crippen LogP contribution in [0.15, 0.2) is 40.6 Å². The van der Waals surface area contributed by atoms with Gasteiger partial charge in [-0.2, -0.15) is 10.2 Å². The fourth-order valence-corrected chi connectivity index (χ4v) is 3.48. The molecule has 0 bridgehead atoms. The molecule has 0 aliphatic carbocycles. The third-order valence-corrected chi connectivity index (χ3v) is 5.01. The number of benzene rings is 2. The van der Waals surface area contributed by atoms with Crippen LogP contribution >= 0.6 is 23.4 Å². The van der Waals surface area contributed by atoms with Crippen LogP contribution in [-0.4, -0.2) is 44.2 Å². The number of ether oxygens (including phenoxy) is 4. The Labute approximate surface area is 215 Å². The largest absolute Gasteiger partial charge is 0.490 e. The molecule has 0 aromatic heterocycles. The molecule has 2 aromatic rings. The smallest absolute Gasteiger partial charge is 0.276 e. The van der Waals surface area contributed by atoms with Crippen LogP contribution in [0.4, 0.5) is 11.4 Å². The molecule has 0 fully saturated rings. The highest BCUT2D eigenvalue weighted by Gasteiger charge is 2.31. The van der Waals surface area contributed by atoms with E-state index in [1.807, 2.05) is 13.8 Å². The third-order valence-electron chi connectivity index (χ3n) is 4.44. The van der Waals surface area contributed by atoms with Crippen molar-refractivity contribution in [1.29, 1.82) is 0 Å². The van der Waals surface area contributed by atoms with Gasteiger partial charge in [-0.3, -0.25) is 9.59 Å². The van der Waals surface area contributed by atoms with Crippen LogP contribution in [0.1, 0.15) is 34.6 Å². The number of rotatable bonds is 13. The molecule has 0 heterocycles. The summed E-state index contributed by atoms with van der Waals surface area (Å²) in [7, 11) is 0. The summed E-state index contributed by atoms with van der Waals surface area (Å²) in [5.74, 6) is -0.0298. The maximum atomic E-state index is 13.2. The van der Waals surface area contributed by atoms with Gasteiger partial charge in [-0.05, 0) is 52.8 Å². The molecule has 9 nitrogen and oxygen atoms in total. The zero-order valence-electron chi connectivity index (χ0n) is 20.3. The summed E-state index contributed by atoms with van der Waals surface area (Å²) in [4.78, 5) is 25.6. The Morgan fingerprint density at radius 1 is 0.914 bits per heavy atom. The van der Waals surface area contributed by atoms with E-state index < -0.39 is 17.7 Å². The van der Waals surface area contributed by atoms with Crippen LogP contribution in [0.5, 0.6) is 23.0 Å². The maximum Gasteiger partial charge on any atom is 0.276 e. The highest BCUT2D eigenvalue weighted by Crippen LogP contribution is 2.42. The van der Waals surface area contributed by atoms with Crippen molar-refractivity contribution in [3.63, 3.8) is 0 Å². The summed E-state index contributed by atoms with van der Waals surface area (Å²) < 4.78 is 23.3. The van der Waals surface area contributed by atoms with Crippen molar-refractivity contribution in [3.05, 3.63) is 35.4 Å². The minimum Gasteiger partial charge on any atom is -0.490 e. The van der Waals surface area contributed by atoms with Crippen molar-refractivity contribution in [2.24, 2.45) is 10.2 Å². The average Bonchev–Trinajstić information content (AvgIpc) is 2.82. The second-order valence-corrected chi connectivity index (χ2v) is 7.71. The molecule has 0 aliphatic rings. The van der Waals surface area contributed by atoms with E-state index in [2.05, 4.69) is 10.2 Å².